The van der Waals surface area contributed by atoms with Crippen molar-refractivity contribution in [1.82, 2.24) is 29.9 Å². The quantitative estimate of drug-likeness (QED) is 0.186. The van der Waals surface area contributed by atoms with Gasteiger partial charge in [0.25, 0.3) is 0 Å². The van der Waals surface area contributed by atoms with Crippen molar-refractivity contribution in [1.29, 1.82) is 0 Å². The van der Waals surface area contributed by atoms with E-state index >= 15 is 0 Å². The SMILES string of the molecule is c1cncc(-c2cncc(-c3cncc(CCCCc4cncc(-c5cncc(-c6cccnc6)c5)c4)c3)c2)c1. The average Bonchev–Trinajstić information content (AvgIpc) is 3.04. The highest BCUT2D eigenvalue weighted by atomic mass is 14.7. The third-order valence-electron chi connectivity index (χ3n) is 6.90. The van der Waals surface area contributed by atoms with Gasteiger partial charge in [-0.1, -0.05) is 12.1 Å². The van der Waals surface area contributed by atoms with Crippen LogP contribution >= 0.6 is 0 Å². The second-order valence-corrected chi connectivity index (χ2v) is 9.78. The summed E-state index contributed by atoms with van der Waals surface area (Å²) < 4.78 is 0. The third kappa shape index (κ3) is 6.13. The Labute approximate surface area is 233 Å². The number of aryl methyl sites for hydroxylation is 2. The predicted octanol–water partition coefficient (Wildman–Crippen LogP) is 7.29. The molecular weight excluding hydrogens is 492 g/mol. The Hall–Kier alpha value is -5.10. The molecule has 0 saturated carbocycles. The topological polar surface area (TPSA) is 77.3 Å². The maximum absolute atomic E-state index is 4.51. The van der Waals surface area contributed by atoms with Gasteiger partial charge in [-0.05, 0) is 73.2 Å². The molecule has 6 aromatic rings. The molecule has 0 spiro atoms. The summed E-state index contributed by atoms with van der Waals surface area (Å²) in [5.41, 5.74) is 10.9. The number of hydrogen-bond acceptors (Lipinski definition) is 6. The summed E-state index contributed by atoms with van der Waals surface area (Å²) in [6.07, 6.45) is 26.6. The molecule has 0 aliphatic heterocycles. The smallest absolute Gasteiger partial charge is 0.0347 e. The zero-order valence-corrected chi connectivity index (χ0v) is 22.1. The number of nitrogens with zero attached hydrogens (tertiary/aromatic N) is 6. The minimum atomic E-state index is 0.973. The fraction of sp³-hybridized carbons (Fsp3) is 0.118. The zero-order chi connectivity index (χ0) is 27.0. The normalized spacial score (nSPS) is 10.9. The summed E-state index contributed by atoms with van der Waals surface area (Å²) >= 11 is 0. The molecule has 0 bridgehead atoms. The van der Waals surface area contributed by atoms with E-state index in [1.54, 1.807) is 12.4 Å². The van der Waals surface area contributed by atoms with E-state index in [1.165, 1.54) is 11.1 Å². The lowest BCUT2D eigenvalue weighted by Gasteiger charge is -2.08. The van der Waals surface area contributed by atoms with Crippen LogP contribution in [0, 0.1) is 0 Å². The van der Waals surface area contributed by atoms with E-state index in [4.69, 9.17) is 0 Å². The Morgan fingerprint density at radius 3 is 1.10 bits per heavy atom. The molecule has 0 atom stereocenters. The lowest BCUT2D eigenvalue weighted by Crippen LogP contribution is -1.93. The Balaban J connectivity index is 1.08. The molecule has 6 rings (SSSR count). The standard InChI is InChI=1S/C34H28N6/c1(5-25-11-29(19-37-15-25)33-13-31(21-39-23-33)27-7-3-9-35-17-27)2-6-26-12-30(20-38-16-26)34-14-32(22-40-24-34)28-8-4-10-36-18-28/h3-4,7-24H,1-2,5-6H2. The van der Waals surface area contributed by atoms with Gasteiger partial charge in [0.1, 0.15) is 0 Å². The Morgan fingerprint density at radius 2 is 0.700 bits per heavy atom. The minimum Gasteiger partial charge on any atom is -0.264 e. The predicted molar refractivity (Wildman–Crippen MR) is 158 cm³/mol. The van der Waals surface area contributed by atoms with Crippen LogP contribution in [0.25, 0.3) is 44.5 Å². The molecule has 0 aromatic carbocycles. The molecule has 6 heteroatoms. The van der Waals surface area contributed by atoms with Crippen LogP contribution in [0.4, 0.5) is 0 Å². The Bertz CT molecular complexity index is 1570. The Morgan fingerprint density at radius 1 is 0.350 bits per heavy atom. The molecule has 0 unspecified atom stereocenters. The lowest BCUT2D eigenvalue weighted by molar-refractivity contribution is 0.731. The van der Waals surface area contributed by atoms with Crippen LogP contribution in [-0.2, 0) is 12.8 Å². The molecule has 194 valence electrons. The zero-order valence-electron chi connectivity index (χ0n) is 22.1. The molecular formula is C34H28N6. The number of hydrogen-bond donors (Lipinski definition) is 0. The maximum atomic E-state index is 4.51. The van der Waals surface area contributed by atoms with E-state index in [-0.39, 0.29) is 0 Å². The Kier molecular flexibility index (Phi) is 7.67. The van der Waals surface area contributed by atoms with E-state index in [0.717, 1.165) is 70.2 Å². The molecule has 40 heavy (non-hydrogen) atoms. The summed E-state index contributed by atoms with van der Waals surface area (Å²) in [6, 6.07) is 16.7. The van der Waals surface area contributed by atoms with Crippen LogP contribution in [0.3, 0.4) is 0 Å². The highest BCUT2D eigenvalue weighted by Gasteiger charge is 2.07. The van der Waals surface area contributed by atoms with E-state index in [0.29, 0.717) is 0 Å². The van der Waals surface area contributed by atoms with Gasteiger partial charge in [-0.15, -0.1) is 0 Å². The van der Waals surface area contributed by atoms with Crippen LogP contribution < -0.4 is 0 Å². The molecule has 6 aromatic heterocycles. The number of rotatable bonds is 9. The molecule has 6 heterocycles. The van der Waals surface area contributed by atoms with Gasteiger partial charge >= 0.3 is 0 Å². The van der Waals surface area contributed by atoms with Crippen molar-refractivity contribution in [3.8, 4) is 44.5 Å². The van der Waals surface area contributed by atoms with Gasteiger partial charge in [0.05, 0.1) is 0 Å². The fourth-order valence-electron chi connectivity index (χ4n) is 4.80. The molecule has 0 fully saturated rings. The van der Waals surface area contributed by atoms with E-state index < -0.39 is 0 Å². The molecule has 0 amide bonds. The number of unbranched alkanes of at least 4 members (excludes halogenated alkanes) is 1. The van der Waals surface area contributed by atoms with Gasteiger partial charge in [-0.3, -0.25) is 29.9 Å². The molecule has 0 N–H and O–H groups in total. The van der Waals surface area contributed by atoms with Crippen molar-refractivity contribution < 1.29 is 0 Å². The van der Waals surface area contributed by atoms with Crippen molar-refractivity contribution in [2.24, 2.45) is 0 Å². The molecule has 0 aliphatic carbocycles. The van der Waals surface area contributed by atoms with E-state index in [1.807, 2.05) is 86.2 Å². The first-order valence-corrected chi connectivity index (χ1v) is 13.4. The van der Waals surface area contributed by atoms with Crippen molar-refractivity contribution in [2.75, 3.05) is 0 Å². The summed E-state index contributed by atoms with van der Waals surface area (Å²) in [4.78, 5) is 26.4. The third-order valence-corrected chi connectivity index (χ3v) is 6.90. The van der Waals surface area contributed by atoms with Gasteiger partial charge in [0, 0.05) is 119 Å². The van der Waals surface area contributed by atoms with Gasteiger partial charge in [-0.2, -0.15) is 0 Å². The van der Waals surface area contributed by atoms with Gasteiger partial charge in [0.15, 0.2) is 0 Å². The lowest BCUT2D eigenvalue weighted by atomic mass is 10.00. The van der Waals surface area contributed by atoms with E-state index in [2.05, 4.69) is 54.2 Å². The summed E-state index contributed by atoms with van der Waals surface area (Å²) in [5.74, 6) is 0. The van der Waals surface area contributed by atoms with Crippen molar-refractivity contribution in [3.05, 3.63) is 134 Å². The van der Waals surface area contributed by atoms with Gasteiger partial charge in [0.2, 0.25) is 0 Å². The second-order valence-electron chi connectivity index (χ2n) is 9.78. The van der Waals surface area contributed by atoms with Crippen molar-refractivity contribution >= 4 is 0 Å². The minimum absolute atomic E-state index is 0.973. The average molecular weight is 521 g/mol. The number of pyridine rings is 6. The first kappa shape index (κ1) is 25.2. The maximum Gasteiger partial charge on any atom is 0.0347 e. The first-order valence-electron chi connectivity index (χ1n) is 13.4. The summed E-state index contributed by atoms with van der Waals surface area (Å²) in [6.45, 7) is 0. The fourth-order valence-corrected chi connectivity index (χ4v) is 4.80. The highest BCUT2D eigenvalue weighted by Crippen LogP contribution is 2.27. The molecule has 0 aliphatic rings. The van der Waals surface area contributed by atoms with Gasteiger partial charge in [-0.25, -0.2) is 0 Å². The molecule has 6 nitrogen and oxygen atoms in total. The number of aromatic nitrogens is 6. The largest absolute Gasteiger partial charge is 0.264 e. The van der Waals surface area contributed by atoms with Crippen molar-refractivity contribution in [2.45, 2.75) is 25.7 Å². The monoisotopic (exact) mass is 520 g/mol. The van der Waals surface area contributed by atoms with Gasteiger partial charge < -0.3 is 0 Å². The van der Waals surface area contributed by atoms with Crippen LogP contribution in [0.5, 0.6) is 0 Å². The van der Waals surface area contributed by atoms with Crippen LogP contribution in [0.15, 0.2) is 123 Å². The van der Waals surface area contributed by atoms with Crippen LogP contribution in [0.1, 0.15) is 24.0 Å². The van der Waals surface area contributed by atoms with E-state index in [9.17, 15) is 0 Å². The van der Waals surface area contributed by atoms with Crippen LogP contribution in [0.2, 0.25) is 0 Å². The first-order chi connectivity index (χ1) is 19.8. The molecule has 0 saturated heterocycles. The second kappa shape index (κ2) is 12.2. The van der Waals surface area contributed by atoms with Crippen LogP contribution in [-0.4, -0.2) is 29.9 Å². The molecule has 0 radical (unpaired) electrons. The van der Waals surface area contributed by atoms with Crippen molar-refractivity contribution in [3.63, 3.8) is 0 Å². The highest BCUT2D eigenvalue weighted by molar-refractivity contribution is 5.72. The summed E-state index contributed by atoms with van der Waals surface area (Å²) in [5, 5.41) is 0. The summed E-state index contributed by atoms with van der Waals surface area (Å²) in [7, 11) is 0.